The Labute approximate surface area is 433 Å². The second-order valence-corrected chi connectivity index (χ2v) is 26.0. The molecule has 3 aliphatic heterocycles. The second kappa shape index (κ2) is 17.0. The van der Waals surface area contributed by atoms with E-state index in [0.717, 1.165) is 0 Å². The summed E-state index contributed by atoms with van der Waals surface area (Å²) < 4.78 is 0. The maximum absolute atomic E-state index is 2.82. The van der Waals surface area contributed by atoms with Gasteiger partial charge in [-0.05, 0) is 165 Å². The lowest BCUT2D eigenvalue weighted by atomic mass is 9.33. The number of nitrogens with zero attached hydrogens (tertiary/aromatic N) is 3. The van der Waals surface area contributed by atoms with Gasteiger partial charge in [0.2, 0.25) is 0 Å². The molecule has 368 valence electrons. The van der Waals surface area contributed by atoms with Crippen LogP contribution in [-0.4, -0.2) is 12.3 Å². The summed E-state index contributed by atoms with van der Waals surface area (Å²) >= 11 is 0. The van der Waals surface area contributed by atoms with E-state index in [2.05, 4.69) is 251 Å². The van der Waals surface area contributed by atoms with E-state index >= 15 is 0 Å². The molecule has 0 bridgehead atoms. The molecule has 4 aliphatic rings. The van der Waals surface area contributed by atoms with Crippen molar-refractivity contribution in [2.45, 2.75) is 169 Å². The molecule has 7 aromatic rings. The molecule has 72 heavy (non-hydrogen) atoms. The van der Waals surface area contributed by atoms with Gasteiger partial charge in [-0.25, -0.2) is 0 Å². The smallest absolute Gasteiger partial charge is 0.252 e. The largest absolute Gasteiger partial charge is 0.334 e. The van der Waals surface area contributed by atoms with Gasteiger partial charge in [-0.15, -0.1) is 0 Å². The van der Waals surface area contributed by atoms with E-state index in [4.69, 9.17) is 0 Å². The van der Waals surface area contributed by atoms with Gasteiger partial charge in [0.15, 0.2) is 0 Å². The zero-order valence-corrected chi connectivity index (χ0v) is 46.0. The molecule has 3 nitrogen and oxygen atoms in total. The quantitative estimate of drug-likeness (QED) is 0.159. The van der Waals surface area contributed by atoms with Gasteiger partial charge in [-0.3, -0.25) is 0 Å². The maximum atomic E-state index is 2.82. The van der Waals surface area contributed by atoms with Gasteiger partial charge in [-0.2, -0.15) is 0 Å². The van der Waals surface area contributed by atoms with Crippen LogP contribution in [0.25, 0.3) is 11.1 Å². The van der Waals surface area contributed by atoms with E-state index in [-0.39, 0.29) is 33.9 Å². The Balaban J connectivity index is 1.20. The Hall–Kier alpha value is -6.00. The second-order valence-electron chi connectivity index (χ2n) is 26.0. The minimum atomic E-state index is -0.0896. The monoisotopic (exact) mass is 948 g/mol. The van der Waals surface area contributed by atoms with E-state index in [1.807, 2.05) is 0 Å². The number of hydrogen-bond donors (Lipinski definition) is 0. The van der Waals surface area contributed by atoms with Crippen LogP contribution in [0.4, 0.5) is 45.5 Å². The molecule has 0 amide bonds. The van der Waals surface area contributed by atoms with Gasteiger partial charge >= 0.3 is 0 Å². The van der Waals surface area contributed by atoms with Crippen molar-refractivity contribution in [3.63, 3.8) is 0 Å². The first-order valence-electron chi connectivity index (χ1n) is 27.4. The topological polar surface area (TPSA) is 9.72 Å². The molecule has 2 unspecified atom stereocenters. The van der Waals surface area contributed by atoms with Crippen molar-refractivity contribution in [1.29, 1.82) is 0 Å². The predicted octanol–water partition coefficient (Wildman–Crippen LogP) is 17.3. The Morgan fingerprint density at radius 2 is 1.07 bits per heavy atom. The third-order valence-electron chi connectivity index (χ3n) is 17.8. The van der Waals surface area contributed by atoms with Crippen LogP contribution in [0, 0.1) is 6.92 Å². The molecule has 4 heteroatoms. The van der Waals surface area contributed by atoms with Gasteiger partial charge < -0.3 is 14.7 Å². The van der Waals surface area contributed by atoms with Crippen molar-refractivity contribution in [1.82, 2.24) is 0 Å². The van der Waals surface area contributed by atoms with E-state index in [1.165, 1.54) is 145 Å². The van der Waals surface area contributed by atoms with Crippen LogP contribution in [0.5, 0.6) is 0 Å². The van der Waals surface area contributed by atoms with Gasteiger partial charge in [0.05, 0.1) is 11.2 Å². The molecule has 2 atom stereocenters. The van der Waals surface area contributed by atoms with E-state index < -0.39 is 0 Å². The van der Waals surface area contributed by atoms with Crippen LogP contribution in [-0.2, 0) is 21.7 Å². The Morgan fingerprint density at radius 1 is 0.486 bits per heavy atom. The van der Waals surface area contributed by atoms with E-state index in [1.54, 1.807) is 0 Å². The van der Waals surface area contributed by atoms with Crippen LogP contribution in [0.2, 0.25) is 0 Å². The Bertz CT molecular complexity index is 3230. The van der Waals surface area contributed by atoms with Gasteiger partial charge in [0.1, 0.15) is 0 Å². The lowest BCUT2D eigenvalue weighted by Crippen LogP contribution is -2.61. The summed E-state index contributed by atoms with van der Waals surface area (Å²) in [6.07, 6.45) is 7.51. The lowest BCUT2D eigenvalue weighted by Gasteiger charge is -2.49. The fourth-order valence-electron chi connectivity index (χ4n) is 13.3. The van der Waals surface area contributed by atoms with Crippen molar-refractivity contribution in [2.24, 2.45) is 0 Å². The third-order valence-corrected chi connectivity index (χ3v) is 17.8. The van der Waals surface area contributed by atoms with Crippen LogP contribution in [0.1, 0.15) is 168 Å². The molecule has 0 saturated heterocycles. The number of anilines is 8. The van der Waals surface area contributed by atoms with E-state index in [0.29, 0.717) is 5.92 Å². The minimum Gasteiger partial charge on any atom is -0.334 e. The van der Waals surface area contributed by atoms with Crippen LogP contribution < -0.4 is 31.1 Å². The minimum absolute atomic E-state index is 0.00836. The number of hydrogen-bond acceptors (Lipinski definition) is 3. The standard InChI is InChI=1S/C68H78BN3/c1-44(2)47-24-33-58-54(40-47)67(13)36-20-15-16-21-37-68(67,14)72(58)52-31-32-55-60(43-52)70(51-29-25-48(26-30-51)64(4,5)6)61-38-45(3)39-62-63(61)69(55)56-42-50(66(10,11)12)28-35-59(56)71(62)57-34-27-49(65(7,8)9)41-53(57)46-22-18-17-19-23-46/h17-19,22-35,38-44H,15-16,20-21,36-37H2,1-14H3. The summed E-state index contributed by atoms with van der Waals surface area (Å²) in [5, 5.41) is 0. The predicted molar refractivity (Wildman–Crippen MR) is 313 cm³/mol. The zero-order valence-electron chi connectivity index (χ0n) is 46.0. The summed E-state index contributed by atoms with van der Waals surface area (Å²) in [4.78, 5) is 8.09. The van der Waals surface area contributed by atoms with Gasteiger partial charge in [0, 0.05) is 50.8 Å². The summed E-state index contributed by atoms with van der Waals surface area (Å²) in [7, 11) is 0. The van der Waals surface area contributed by atoms with E-state index in [9.17, 15) is 0 Å². The molecule has 11 rings (SSSR count). The summed E-state index contributed by atoms with van der Waals surface area (Å²) in [6.45, 7) is 33.3. The highest BCUT2D eigenvalue weighted by molar-refractivity contribution is 7.00. The molecule has 0 aromatic heterocycles. The third kappa shape index (κ3) is 7.67. The first kappa shape index (κ1) is 48.3. The zero-order chi connectivity index (χ0) is 50.9. The lowest BCUT2D eigenvalue weighted by molar-refractivity contribution is 0.217. The molecule has 1 saturated carbocycles. The molecule has 0 spiro atoms. The fourth-order valence-corrected chi connectivity index (χ4v) is 13.3. The summed E-state index contributed by atoms with van der Waals surface area (Å²) in [5.41, 5.74) is 24.9. The Kier molecular flexibility index (Phi) is 11.4. The van der Waals surface area contributed by atoms with Gasteiger partial charge in [0.25, 0.3) is 6.71 Å². The normalized spacial score (nSPS) is 19.6. The molecule has 0 N–H and O–H groups in total. The Morgan fingerprint density at radius 3 is 1.72 bits per heavy atom. The highest BCUT2D eigenvalue weighted by Crippen LogP contribution is 2.60. The van der Waals surface area contributed by atoms with Crippen molar-refractivity contribution in [3.8, 4) is 11.1 Å². The first-order valence-corrected chi connectivity index (χ1v) is 27.4. The van der Waals surface area contributed by atoms with Crippen molar-refractivity contribution in [2.75, 3.05) is 14.7 Å². The number of benzene rings is 7. The average Bonchev–Trinajstić information content (AvgIpc) is 3.51. The molecule has 0 radical (unpaired) electrons. The number of aryl methyl sites for hydroxylation is 1. The van der Waals surface area contributed by atoms with Crippen molar-refractivity contribution < 1.29 is 0 Å². The molecule has 1 fully saturated rings. The highest BCUT2D eigenvalue weighted by atomic mass is 15.3. The van der Waals surface area contributed by atoms with Crippen LogP contribution >= 0.6 is 0 Å². The fraction of sp³-hybridized carbons (Fsp3) is 0.382. The number of fused-ring (bicyclic) bond motifs is 7. The molecule has 3 heterocycles. The van der Waals surface area contributed by atoms with Crippen LogP contribution in [0.15, 0.2) is 140 Å². The van der Waals surface area contributed by atoms with Gasteiger partial charge in [-0.1, -0.05) is 188 Å². The number of rotatable bonds is 5. The first-order chi connectivity index (χ1) is 34.1. The SMILES string of the molecule is Cc1cc2c3c(c1)N(c1ccc(C(C)(C)C)cc1-c1ccccc1)c1ccc(C(C)(C)C)cc1B3c1ccc(N3c4ccc(C(C)C)cc4C4(C)CCCCCCC34C)cc1N2c1ccc(C(C)(C)C)cc1. The van der Waals surface area contributed by atoms with Crippen molar-refractivity contribution >= 4 is 68.6 Å². The molecule has 1 aliphatic carbocycles. The average molecular weight is 948 g/mol. The highest BCUT2D eigenvalue weighted by Gasteiger charge is 2.57. The summed E-state index contributed by atoms with van der Waals surface area (Å²) in [6, 6.07) is 55.4. The molecular formula is C68H78BN3. The van der Waals surface area contributed by atoms with Crippen molar-refractivity contribution in [3.05, 3.63) is 173 Å². The molecular weight excluding hydrogens is 870 g/mol. The van der Waals surface area contributed by atoms with Crippen LogP contribution in [0.3, 0.4) is 0 Å². The maximum Gasteiger partial charge on any atom is 0.252 e. The summed E-state index contributed by atoms with van der Waals surface area (Å²) in [5.74, 6) is 0.476. The molecule has 7 aromatic carbocycles.